The second kappa shape index (κ2) is 3.47. The molecule has 0 radical (unpaired) electrons. The lowest BCUT2D eigenvalue weighted by atomic mass is 9.96. The van der Waals surface area contributed by atoms with E-state index < -0.39 is 21.9 Å². The molecule has 0 saturated heterocycles. The second-order valence-electron chi connectivity index (χ2n) is 3.78. The lowest BCUT2D eigenvalue weighted by Gasteiger charge is -2.13. The number of aliphatic hydroxyl groups excluding tert-OH is 1. The molecule has 1 aromatic rings. The van der Waals surface area contributed by atoms with E-state index in [1.54, 1.807) is 25.1 Å². The molecule has 0 aromatic heterocycles. The third-order valence-corrected chi connectivity index (χ3v) is 4.85. The Morgan fingerprint density at radius 2 is 2.20 bits per heavy atom. The summed E-state index contributed by atoms with van der Waals surface area (Å²) >= 11 is 5.96. The predicted molar refractivity (Wildman–Crippen MR) is 57.9 cm³/mol. The summed E-state index contributed by atoms with van der Waals surface area (Å²) < 4.78 is 23.5. The van der Waals surface area contributed by atoms with Crippen molar-refractivity contribution in [3.63, 3.8) is 0 Å². The predicted octanol–water partition coefficient (Wildman–Crippen LogP) is 1.59. The molecule has 0 bridgehead atoms. The van der Waals surface area contributed by atoms with E-state index in [2.05, 4.69) is 0 Å². The summed E-state index contributed by atoms with van der Waals surface area (Å²) in [7, 11) is -3.27. The fourth-order valence-electron chi connectivity index (χ4n) is 1.94. The van der Waals surface area contributed by atoms with Gasteiger partial charge in [-0.25, -0.2) is 8.42 Å². The Hall–Kier alpha value is -0.580. The van der Waals surface area contributed by atoms with Gasteiger partial charge in [0.05, 0.1) is 16.8 Å². The Bertz CT molecular complexity index is 493. The highest BCUT2D eigenvalue weighted by Gasteiger charge is 2.38. The zero-order valence-corrected chi connectivity index (χ0v) is 9.72. The lowest BCUT2D eigenvalue weighted by molar-refractivity contribution is 0.170. The molecule has 0 amide bonds. The molecule has 2 rings (SSSR count). The van der Waals surface area contributed by atoms with Crippen molar-refractivity contribution < 1.29 is 13.5 Å². The smallest absolute Gasteiger partial charge is 0.179 e. The van der Waals surface area contributed by atoms with E-state index in [1.807, 2.05) is 0 Å². The molecule has 1 aliphatic heterocycles. The number of halogens is 1. The number of sulfone groups is 1. The SMILES string of the molecule is CC(O)C1CS(=O)(=O)c2cccc(Cl)c21. The number of rotatable bonds is 1. The van der Waals surface area contributed by atoms with E-state index in [0.717, 1.165) is 0 Å². The van der Waals surface area contributed by atoms with Gasteiger partial charge in [-0.2, -0.15) is 0 Å². The van der Waals surface area contributed by atoms with Crippen LogP contribution in [-0.2, 0) is 9.84 Å². The zero-order valence-electron chi connectivity index (χ0n) is 8.14. The van der Waals surface area contributed by atoms with Crippen LogP contribution in [0.25, 0.3) is 0 Å². The standard InChI is InChI=1S/C10H11ClO3S/c1-6(12)7-5-15(13,14)9-4-2-3-8(11)10(7)9/h2-4,6-7,12H,5H2,1H3. The quantitative estimate of drug-likeness (QED) is 0.819. The Balaban J connectivity index is 2.69. The third-order valence-electron chi connectivity index (χ3n) is 2.70. The molecule has 2 unspecified atom stereocenters. The van der Waals surface area contributed by atoms with Crippen LogP contribution in [0.5, 0.6) is 0 Å². The minimum atomic E-state index is -3.27. The number of hydrogen-bond acceptors (Lipinski definition) is 3. The van der Waals surface area contributed by atoms with Crippen LogP contribution < -0.4 is 0 Å². The molecule has 82 valence electrons. The largest absolute Gasteiger partial charge is 0.393 e. The molecule has 1 heterocycles. The van der Waals surface area contributed by atoms with Gasteiger partial charge in [0.1, 0.15) is 0 Å². The molecule has 1 N–H and O–H groups in total. The monoisotopic (exact) mass is 246 g/mol. The molecule has 0 saturated carbocycles. The number of hydrogen-bond donors (Lipinski definition) is 1. The molecule has 5 heteroatoms. The first-order valence-corrected chi connectivity index (χ1v) is 6.66. The molecule has 1 aromatic carbocycles. The second-order valence-corrected chi connectivity index (χ2v) is 6.19. The maximum atomic E-state index is 11.8. The number of aliphatic hydroxyl groups is 1. The van der Waals surface area contributed by atoms with Crippen LogP contribution in [0.1, 0.15) is 18.4 Å². The zero-order chi connectivity index (χ0) is 11.2. The van der Waals surface area contributed by atoms with Gasteiger partial charge in [0, 0.05) is 10.9 Å². The van der Waals surface area contributed by atoms with Crippen molar-refractivity contribution in [1.29, 1.82) is 0 Å². The average molecular weight is 247 g/mol. The van der Waals surface area contributed by atoms with Gasteiger partial charge in [-0.3, -0.25) is 0 Å². The van der Waals surface area contributed by atoms with Crippen LogP contribution >= 0.6 is 11.6 Å². The average Bonchev–Trinajstić information content (AvgIpc) is 2.40. The summed E-state index contributed by atoms with van der Waals surface area (Å²) in [6, 6.07) is 4.80. The van der Waals surface area contributed by atoms with Crippen LogP contribution in [0.15, 0.2) is 23.1 Å². The molecule has 0 fully saturated rings. The molecule has 15 heavy (non-hydrogen) atoms. The molecular weight excluding hydrogens is 236 g/mol. The first-order valence-electron chi connectivity index (χ1n) is 4.62. The summed E-state index contributed by atoms with van der Waals surface area (Å²) in [5.74, 6) is -0.456. The number of fused-ring (bicyclic) bond motifs is 1. The summed E-state index contributed by atoms with van der Waals surface area (Å²) in [5.41, 5.74) is 0.564. The molecule has 0 spiro atoms. The van der Waals surface area contributed by atoms with Crippen molar-refractivity contribution in [1.82, 2.24) is 0 Å². The van der Waals surface area contributed by atoms with E-state index in [0.29, 0.717) is 10.6 Å². The van der Waals surface area contributed by atoms with E-state index in [9.17, 15) is 13.5 Å². The molecular formula is C10H11ClO3S. The van der Waals surface area contributed by atoms with Gasteiger partial charge >= 0.3 is 0 Å². The molecule has 1 aliphatic rings. The fraction of sp³-hybridized carbons (Fsp3) is 0.400. The van der Waals surface area contributed by atoms with E-state index in [4.69, 9.17) is 11.6 Å². The van der Waals surface area contributed by atoms with Gasteiger partial charge in [-0.05, 0) is 24.6 Å². The van der Waals surface area contributed by atoms with Crippen molar-refractivity contribution in [2.45, 2.75) is 23.8 Å². The van der Waals surface area contributed by atoms with Crippen LogP contribution in [0.3, 0.4) is 0 Å². The van der Waals surface area contributed by atoms with Gasteiger partial charge in [-0.15, -0.1) is 0 Å². The minimum absolute atomic E-state index is 0.0519. The van der Waals surface area contributed by atoms with Crippen molar-refractivity contribution in [3.8, 4) is 0 Å². The third kappa shape index (κ3) is 1.67. The van der Waals surface area contributed by atoms with Crippen molar-refractivity contribution >= 4 is 21.4 Å². The Morgan fingerprint density at radius 1 is 1.53 bits per heavy atom. The first-order chi connectivity index (χ1) is 6.93. The Labute approximate surface area is 93.6 Å². The Morgan fingerprint density at radius 3 is 2.80 bits per heavy atom. The molecule has 3 nitrogen and oxygen atoms in total. The van der Waals surface area contributed by atoms with Crippen LogP contribution in [-0.4, -0.2) is 25.4 Å². The van der Waals surface area contributed by atoms with E-state index >= 15 is 0 Å². The maximum Gasteiger partial charge on any atom is 0.179 e. The molecule has 2 atom stereocenters. The lowest BCUT2D eigenvalue weighted by Crippen LogP contribution is -2.16. The highest BCUT2D eigenvalue weighted by Crippen LogP contribution is 2.40. The first kappa shape index (κ1) is 10.9. The van der Waals surface area contributed by atoms with Crippen LogP contribution in [0.4, 0.5) is 0 Å². The summed E-state index contributed by atoms with van der Waals surface area (Å²) in [4.78, 5) is 0.265. The molecule has 0 aliphatic carbocycles. The highest BCUT2D eigenvalue weighted by molar-refractivity contribution is 7.91. The van der Waals surface area contributed by atoms with Crippen molar-refractivity contribution in [2.24, 2.45) is 0 Å². The van der Waals surface area contributed by atoms with E-state index in [1.165, 1.54) is 0 Å². The normalized spacial score (nSPS) is 24.9. The van der Waals surface area contributed by atoms with Gasteiger partial charge in [0.15, 0.2) is 9.84 Å². The van der Waals surface area contributed by atoms with Crippen LogP contribution in [0.2, 0.25) is 5.02 Å². The minimum Gasteiger partial charge on any atom is -0.393 e. The summed E-state index contributed by atoms with van der Waals surface area (Å²) in [6.45, 7) is 1.58. The Kier molecular flexibility index (Phi) is 2.53. The summed E-state index contributed by atoms with van der Waals surface area (Å²) in [5, 5.41) is 9.95. The summed E-state index contributed by atoms with van der Waals surface area (Å²) in [6.07, 6.45) is -0.707. The van der Waals surface area contributed by atoms with Gasteiger partial charge in [0.25, 0.3) is 0 Å². The van der Waals surface area contributed by atoms with Crippen LogP contribution in [0, 0.1) is 0 Å². The maximum absolute atomic E-state index is 11.8. The van der Waals surface area contributed by atoms with E-state index in [-0.39, 0.29) is 10.6 Å². The van der Waals surface area contributed by atoms with Crippen molar-refractivity contribution in [2.75, 3.05) is 5.75 Å². The topological polar surface area (TPSA) is 54.4 Å². The van der Waals surface area contributed by atoms with Crippen molar-refractivity contribution in [3.05, 3.63) is 28.8 Å². The highest BCUT2D eigenvalue weighted by atomic mass is 35.5. The van der Waals surface area contributed by atoms with Gasteiger partial charge < -0.3 is 5.11 Å². The van der Waals surface area contributed by atoms with Gasteiger partial charge in [-0.1, -0.05) is 17.7 Å². The van der Waals surface area contributed by atoms with Gasteiger partial charge in [0.2, 0.25) is 0 Å². The number of benzene rings is 1. The fourth-order valence-corrected chi connectivity index (χ4v) is 4.29.